The van der Waals surface area contributed by atoms with Crippen molar-refractivity contribution in [2.24, 2.45) is 0 Å². The molecule has 0 radical (unpaired) electrons. The summed E-state index contributed by atoms with van der Waals surface area (Å²) < 4.78 is 91.8. The molecule has 0 fully saturated rings. The van der Waals surface area contributed by atoms with E-state index in [9.17, 15) is 35.5 Å². The number of carbonyl (C=O) groups excluding carboxylic acids is 1. The molecule has 13 heteroatoms. The fourth-order valence-electron chi connectivity index (χ4n) is 2.51. The summed E-state index contributed by atoms with van der Waals surface area (Å²) in [4.78, 5) is 16.4. The molecular formula is C16H15F7N4OS. The highest BCUT2D eigenvalue weighted by atomic mass is 32.2. The van der Waals surface area contributed by atoms with Crippen molar-refractivity contribution in [3.8, 4) is 5.69 Å². The first kappa shape index (κ1) is 23.0. The van der Waals surface area contributed by atoms with Gasteiger partial charge in [-0.2, -0.15) is 26.3 Å². The van der Waals surface area contributed by atoms with Crippen molar-refractivity contribution in [2.45, 2.75) is 26.2 Å². The van der Waals surface area contributed by atoms with E-state index in [2.05, 4.69) is 10.1 Å². The maximum absolute atomic E-state index is 14.4. The van der Waals surface area contributed by atoms with Crippen molar-refractivity contribution in [1.29, 1.82) is 0 Å². The van der Waals surface area contributed by atoms with Gasteiger partial charge in [0.25, 0.3) is 11.7 Å². The second-order valence-electron chi connectivity index (χ2n) is 6.05. The summed E-state index contributed by atoms with van der Waals surface area (Å²) in [6.45, 7) is 0.923. The lowest BCUT2D eigenvalue weighted by atomic mass is 10.1. The first-order valence-electron chi connectivity index (χ1n) is 7.91. The Morgan fingerprint density at radius 2 is 1.79 bits per heavy atom. The van der Waals surface area contributed by atoms with Gasteiger partial charge in [0.15, 0.2) is 0 Å². The highest BCUT2D eigenvalue weighted by Gasteiger charge is 2.37. The van der Waals surface area contributed by atoms with E-state index in [-0.39, 0.29) is 22.8 Å². The minimum absolute atomic E-state index is 0.0262. The summed E-state index contributed by atoms with van der Waals surface area (Å²) >= 11 is 0.970. The Morgan fingerprint density at radius 3 is 2.28 bits per heavy atom. The first-order valence-corrected chi connectivity index (χ1v) is 9.30. The maximum atomic E-state index is 14.4. The molecular weight excluding hydrogens is 429 g/mol. The van der Waals surface area contributed by atoms with Crippen LogP contribution in [0.4, 0.5) is 30.7 Å². The van der Waals surface area contributed by atoms with E-state index < -0.39 is 42.1 Å². The van der Waals surface area contributed by atoms with Crippen LogP contribution in [0.15, 0.2) is 12.1 Å². The molecule has 5 nitrogen and oxygen atoms in total. The lowest BCUT2D eigenvalue weighted by molar-refractivity contribution is -0.145. The Labute approximate surface area is 164 Å². The van der Waals surface area contributed by atoms with Crippen molar-refractivity contribution in [1.82, 2.24) is 19.7 Å². The molecule has 0 aliphatic carbocycles. The second-order valence-corrected chi connectivity index (χ2v) is 6.88. The Balaban J connectivity index is 2.54. The van der Waals surface area contributed by atoms with E-state index in [1.54, 1.807) is 0 Å². The number of carbonyl (C=O) groups is 1. The van der Waals surface area contributed by atoms with Crippen molar-refractivity contribution in [3.05, 3.63) is 40.7 Å². The molecule has 0 N–H and O–H groups in total. The summed E-state index contributed by atoms with van der Waals surface area (Å²) in [6.07, 6.45) is -8.04. The minimum atomic E-state index is -4.88. The summed E-state index contributed by atoms with van der Waals surface area (Å²) in [5.74, 6) is -4.15. The fraction of sp³-hybridized carbons (Fsp3) is 0.438. The van der Waals surface area contributed by atoms with E-state index in [0.717, 1.165) is 30.8 Å². The van der Waals surface area contributed by atoms with Crippen LogP contribution in [0.1, 0.15) is 27.6 Å². The Bertz CT molecular complexity index is 908. The van der Waals surface area contributed by atoms with Gasteiger partial charge in [0.05, 0.1) is 5.88 Å². The van der Waals surface area contributed by atoms with Crippen LogP contribution in [0.25, 0.3) is 5.69 Å². The number of thioether (sulfide) groups is 1. The van der Waals surface area contributed by atoms with E-state index >= 15 is 0 Å². The summed E-state index contributed by atoms with van der Waals surface area (Å²) in [5, 5.41) is 3.21. The van der Waals surface area contributed by atoms with E-state index in [0.29, 0.717) is 9.58 Å². The van der Waals surface area contributed by atoms with Crippen molar-refractivity contribution in [2.75, 3.05) is 18.7 Å². The zero-order chi connectivity index (χ0) is 22.1. The Morgan fingerprint density at radius 1 is 1.17 bits per heavy atom. The number of rotatable bonds is 5. The number of halogens is 7. The molecule has 0 bridgehead atoms. The van der Waals surface area contributed by atoms with Gasteiger partial charge in [-0.05, 0) is 37.8 Å². The lowest BCUT2D eigenvalue weighted by Crippen LogP contribution is -2.39. The lowest BCUT2D eigenvalue weighted by Gasteiger charge is -2.24. The van der Waals surface area contributed by atoms with Crippen molar-refractivity contribution >= 4 is 17.7 Å². The molecule has 29 heavy (non-hydrogen) atoms. The van der Waals surface area contributed by atoms with Crippen LogP contribution in [0.2, 0.25) is 0 Å². The van der Waals surface area contributed by atoms with Gasteiger partial charge in [-0.15, -0.1) is 16.9 Å². The predicted molar refractivity (Wildman–Crippen MR) is 91.3 cm³/mol. The molecule has 2 aromatic rings. The summed E-state index contributed by atoms with van der Waals surface area (Å²) in [5.41, 5.74) is -0.794. The molecule has 1 aromatic heterocycles. The number of benzene rings is 1. The monoisotopic (exact) mass is 444 g/mol. The number of alkyl halides is 6. The number of hydrogen-bond acceptors (Lipinski definition) is 4. The van der Waals surface area contributed by atoms with Crippen LogP contribution in [-0.2, 0) is 6.18 Å². The molecule has 1 amide bonds. The fourth-order valence-corrected chi connectivity index (χ4v) is 3.03. The van der Waals surface area contributed by atoms with E-state index in [4.69, 9.17) is 0 Å². The SMILES string of the molecule is CSCN(CC(F)(F)F)C(=O)c1cc(-n2nc(C(F)(F)F)nc2C)c(F)cc1C. The predicted octanol–water partition coefficient (Wildman–Crippen LogP) is 4.37. The van der Waals surface area contributed by atoms with Crippen molar-refractivity contribution < 1.29 is 35.5 Å². The minimum Gasteiger partial charge on any atom is -0.320 e. The van der Waals surface area contributed by atoms with Gasteiger partial charge >= 0.3 is 12.4 Å². The summed E-state index contributed by atoms with van der Waals surface area (Å²) in [7, 11) is 0. The molecule has 160 valence electrons. The van der Waals surface area contributed by atoms with Gasteiger partial charge in [-0.25, -0.2) is 14.1 Å². The van der Waals surface area contributed by atoms with Gasteiger partial charge in [0.1, 0.15) is 23.9 Å². The zero-order valence-electron chi connectivity index (χ0n) is 15.3. The highest BCUT2D eigenvalue weighted by molar-refractivity contribution is 7.98. The van der Waals surface area contributed by atoms with Crippen LogP contribution in [0, 0.1) is 19.7 Å². The number of nitrogens with zero attached hydrogens (tertiary/aromatic N) is 4. The Hall–Kier alpha value is -2.31. The normalized spacial score (nSPS) is 12.3. The highest BCUT2D eigenvalue weighted by Crippen LogP contribution is 2.29. The maximum Gasteiger partial charge on any atom is 0.453 e. The van der Waals surface area contributed by atoms with Crippen LogP contribution in [-0.4, -0.2) is 50.4 Å². The molecule has 0 spiro atoms. The van der Waals surface area contributed by atoms with Gasteiger partial charge < -0.3 is 4.90 Å². The van der Waals surface area contributed by atoms with Gasteiger partial charge in [0.2, 0.25) is 0 Å². The number of amides is 1. The largest absolute Gasteiger partial charge is 0.453 e. The molecule has 0 aliphatic heterocycles. The quantitative estimate of drug-likeness (QED) is 0.508. The van der Waals surface area contributed by atoms with Crippen LogP contribution in [0.5, 0.6) is 0 Å². The average molecular weight is 444 g/mol. The third-order valence-electron chi connectivity index (χ3n) is 3.72. The molecule has 0 atom stereocenters. The standard InChI is InChI=1S/C16H15F7N4OS/c1-8-4-11(17)12(27-9(2)24-14(25-27)16(21,22)23)5-10(8)13(28)26(7-29-3)6-15(18,19)20/h4-5H,6-7H2,1-3H3. The molecule has 2 rings (SSSR count). The average Bonchev–Trinajstić information content (AvgIpc) is 2.95. The van der Waals surface area contributed by atoms with E-state index in [1.165, 1.54) is 13.2 Å². The third kappa shape index (κ3) is 5.40. The second kappa shape index (κ2) is 8.20. The summed E-state index contributed by atoms with van der Waals surface area (Å²) in [6, 6.07) is 1.72. The van der Waals surface area contributed by atoms with Crippen LogP contribution in [0.3, 0.4) is 0 Å². The first-order chi connectivity index (χ1) is 13.2. The number of aromatic nitrogens is 3. The van der Waals surface area contributed by atoms with Crippen LogP contribution >= 0.6 is 11.8 Å². The Kier molecular flexibility index (Phi) is 6.50. The number of aryl methyl sites for hydroxylation is 2. The zero-order valence-corrected chi connectivity index (χ0v) is 16.1. The van der Waals surface area contributed by atoms with Gasteiger partial charge in [-0.1, -0.05) is 0 Å². The molecule has 0 unspecified atom stereocenters. The smallest absolute Gasteiger partial charge is 0.320 e. The molecule has 1 heterocycles. The third-order valence-corrected chi connectivity index (χ3v) is 4.29. The topological polar surface area (TPSA) is 51.0 Å². The van der Waals surface area contributed by atoms with Gasteiger partial charge in [0, 0.05) is 5.56 Å². The molecule has 0 saturated heterocycles. The van der Waals surface area contributed by atoms with E-state index in [1.807, 2.05) is 0 Å². The molecule has 1 aromatic carbocycles. The van der Waals surface area contributed by atoms with Crippen molar-refractivity contribution in [3.63, 3.8) is 0 Å². The molecule has 0 aliphatic rings. The van der Waals surface area contributed by atoms with Crippen LogP contribution < -0.4 is 0 Å². The van der Waals surface area contributed by atoms with Gasteiger partial charge in [-0.3, -0.25) is 4.79 Å². The molecule has 0 saturated carbocycles. The number of hydrogen-bond donors (Lipinski definition) is 0.